The Morgan fingerprint density at radius 1 is 1.12 bits per heavy atom. The van der Waals surface area contributed by atoms with Crippen molar-refractivity contribution in [3.05, 3.63) is 84.3 Å². The first-order valence-electron chi connectivity index (χ1n) is 10.8. The second-order valence-corrected chi connectivity index (χ2v) is 9.40. The number of hydrogen-bond donors (Lipinski definition) is 2. The number of rotatable bonds is 4. The summed E-state index contributed by atoms with van der Waals surface area (Å²) in [6, 6.07) is 18.3. The maximum Gasteiger partial charge on any atom is 0.245 e. The third-order valence-electron chi connectivity index (χ3n) is 6.08. The molecule has 2 aromatic carbocycles. The standard InChI is InChI=1S/C25H23N3O3S/c29-24(28-11-10-18-13-26-14-20(18)28)23-15-27-25(32-23)30-19-7-9-22-17(12-19)6-8-21(31-22)16-4-2-1-3-5-16/h1-5,7,9-14,21,23,25-27H,6,8,15H2/t21-,23?,25?/m0/s1. The number of ether oxygens (including phenoxy) is 2. The predicted octanol–water partition coefficient (Wildman–Crippen LogP) is 4.74. The molecule has 162 valence electrons. The zero-order valence-electron chi connectivity index (χ0n) is 17.4. The summed E-state index contributed by atoms with van der Waals surface area (Å²) in [5.41, 5.74) is 3.01. The van der Waals surface area contributed by atoms with E-state index in [0.717, 1.165) is 40.8 Å². The molecule has 2 aliphatic rings. The van der Waals surface area contributed by atoms with Gasteiger partial charge in [0.1, 0.15) is 22.9 Å². The fourth-order valence-electron chi connectivity index (χ4n) is 4.42. The minimum Gasteiger partial charge on any atom is -0.485 e. The van der Waals surface area contributed by atoms with Gasteiger partial charge in [-0.3, -0.25) is 14.7 Å². The van der Waals surface area contributed by atoms with E-state index in [9.17, 15) is 4.79 Å². The minimum atomic E-state index is -0.263. The SMILES string of the molecule is O=C(C1CNC(Oc2ccc3c(c2)CC[C@@H](c2ccccc2)O3)S1)n1ccc2c[nH]cc21. The smallest absolute Gasteiger partial charge is 0.245 e. The molecule has 1 saturated heterocycles. The molecule has 32 heavy (non-hydrogen) atoms. The molecule has 1 fully saturated rings. The Bertz CT molecular complexity index is 1270. The van der Waals surface area contributed by atoms with Crippen LogP contribution in [0.2, 0.25) is 0 Å². The monoisotopic (exact) mass is 445 g/mol. The number of carbonyl (C=O) groups is 1. The second-order valence-electron chi connectivity index (χ2n) is 8.13. The normalized spacial score (nSPS) is 22.4. The number of benzene rings is 2. The number of aromatic amines is 1. The molecule has 4 aromatic rings. The summed E-state index contributed by atoms with van der Waals surface area (Å²) in [6.07, 6.45) is 7.56. The summed E-state index contributed by atoms with van der Waals surface area (Å²) in [6.45, 7) is 0.574. The number of fused-ring (bicyclic) bond motifs is 2. The van der Waals surface area contributed by atoms with Crippen LogP contribution in [0.3, 0.4) is 0 Å². The van der Waals surface area contributed by atoms with Gasteiger partial charge in [0, 0.05) is 30.5 Å². The number of nitrogens with one attached hydrogen (secondary N) is 2. The second kappa shape index (κ2) is 8.07. The fraction of sp³-hybridized carbons (Fsp3) is 0.240. The van der Waals surface area contributed by atoms with Crippen molar-refractivity contribution >= 4 is 28.6 Å². The highest BCUT2D eigenvalue weighted by atomic mass is 32.2. The van der Waals surface area contributed by atoms with E-state index in [0.29, 0.717) is 6.54 Å². The van der Waals surface area contributed by atoms with Crippen molar-refractivity contribution < 1.29 is 14.3 Å². The molecule has 0 amide bonds. The summed E-state index contributed by atoms with van der Waals surface area (Å²) < 4.78 is 14.1. The lowest BCUT2D eigenvalue weighted by Crippen LogP contribution is -2.28. The fourth-order valence-corrected chi connectivity index (χ4v) is 5.50. The lowest BCUT2D eigenvalue weighted by atomic mass is 9.97. The van der Waals surface area contributed by atoms with Crippen LogP contribution in [0, 0.1) is 0 Å². The van der Waals surface area contributed by atoms with Crippen LogP contribution in [0.1, 0.15) is 28.4 Å². The first kappa shape index (κ1) is 19.5. The molecule has 6 nitrogen and oxygen atoms in total. The van der Waals surface area contributed by atoms with Crippen LogP contribution in [0.15, 0.2) is 73.2 Å². The number of aromatic nitrogens is 2. The number of aryl methyl sites for hydroxylation is 1. The molecule has 0 spiro atoms. The zero-order valence-corrected chi connectivity index (χ0v) is 18.2. The van der Waals surface area contributed by atoms with E-state index in [2.05, 4.69) is 28.5 Å². The summed E-state index contributed by atoms with van der Waals surface area (Å²) in [5.74, 6) is 1.77. The van der Waals surface area contributed by atoms with Crippen molar-refractivity contribution in [2.45, 2.75) is 29.8 Å². The van der Waals surface area contributed by atoms with Gasteiger partial charge in [0.25, 0.3) is 0 Å². The first-order chi connectivity index (χ1) is 15.7. The summed E-state index contributed by atoms with van der Waals surface area (Å²) in [4.78, 5) is 16.0. The molecule has 0 radical (unpaired) electrons. The quantitative estimate of drug-likeness (QED) is 0.475. The summed E-state index contributed by atoms with van der Waals surface area (Å²) >= 11 is 1.51. The Morgan fingerprint density at radius 2 is 2.03 bits per heavy atom. The van der Waals surface area contributed by atoms with Crippen molar-refractivity contribution in [3.8, 4) is 11.5 Å². The van der Waals surface area contributed by atoms with Crippen LogP contribution in [0.25, 0.3) is 10.9 Å². The van der Waals surface area contributed by atoms with Crippen LogP contribution in [0.5, 0.6) is 11.5 Å². The van der Waals surface area contributed by atoms with Gasteiger partial charge in [0.2, 0.25) is 5.91 Å². The molecule has 0 aliphatic carbocycles. The van der Waals surface area contributed by atoms with Gasteiger partial charge in [-0.1, -0.05) is 42.1 Å². The van der Waals surface area contributed by atoms with Gasteiger partial charge in [-0.2, -0.15) is 0 Å². The molecule has 2 N–H and O–H groups in total. The largest absolute Gasteiger partial charge is 0.485 e. The Balaban J connectivity index is 1.11. The summed E-state index contributed by atoms with van der Waals surface area (Å²) in [7, 11) is 0. The third kappa shape index (κ3) is 3.57. The van der Waals surface area contributed by atoms with Crippen molar-refractivity contribution in [2.24, 2.45) is 0 Å². The van der Waals surface area contributed by atoms with Crippen LogP contribution in [0.4, 0.5) is 0 Å². The van der Waals surface area contributed by atoms with E-state index in [1.54, 1.807) is 4.57 Å². The van der Waals surface area contributed by atoms with Gasteiger partial charge < -0.3 is 14.5 Å². The third-order valence-corrected chi connectivity index (χ3v) is 7.29. The number of H-pyrrole nitrogens is 1. The number of nitrogens with zero attached hydrogens (tertiary/aromatic N) is 1. The van der Waals surface area contributed by atoms with Crippen molar-refractivity contribution in [1.82, 2.24) is 14.9 Å². The van der Waals surface area contributed by atoms with Crippen LogP contribution in [-0.2, 0) is 6.42 Å². The maximum atomic E-state index is 13.0. The zero-order chi connectivity index (χ0) is 21.5. The van der Waals surface area contributed by atoms with E-state index in [1.807, 2.05) is 55.0 Å². The van der Waals surface area contributed by atoms with Crippen molar-refractivity contribution in [2.75, 3.05) is 6.54 Å². The maximum absolute atomic E-state index is 13.0. The van der Waals surface area contributed by atoms with Crippen molar-refractivity contribution in [3.63, 3.8) is 0 Å². The van der Waals surface area contributed by atoms with Gasteiger partial charge in [0.15, 0.2) is 5.56 Å². The highest BCUT2D eigenvalue weighted by molar-refractivity contribution is 8.01. The first-order valence-corrected chi connectivity index (χ1v) is 11.8. The Hall–Kier alpha value is -3.16. The van der Waals surface area contributed by atoms with Gasteiger partial charge in [-0.15, -0.1) is 0 Å². The molecule has 3 atom stereocenters. The highest BCUT2D eigenvalue weighted by Crippen LogP contribution is 2.37. The van der Waals surface area contributed by atoms with Gasteiger partial charge in [0.05, 0.1) is 5.52 Å². The molecular weight excluding hydrogens is 422 g/mol. The Morgan fingerprint density at radius 3 is 2.94 bits per heavy atom. The van der Waals surface area contributed by atoms with E-state index >= 15 is 0 Å². The minimum absolute atomic E-state index is 0.0639. The van der Waals surface area contributed by atoms with Crippen LogP contribution >= 0.6 is 11.8 Å². The lowest BCUT2D eigenvalue weighted by molar-refractivity contribution is 0.0917. The molecular formula is C25H23N3O3S. The molecule has 4 heterocycles. The van der Waals surface area contributed by atoms with Gasteiger partial charge in [-0.25, -0.2) is 0 Å². The molecule has 2 aliphatic heterocycles. The predicted molar refractivity (Wildman–Crippen MR) is 125 cm³/mol. The average molecular weight is 446 g/mol. The van der Waals surface area contributed by atoms with E-state index in [-0.39, 0.29) is 22.8 Å². The van der Waals surface area contributed by atoms with E-state index < -0.39 is 0 Å². The number of thioether (sulfide) groups is 1. The average Bonchev–Trinajstić information content (AvgIpc) is 3.57. The molecule has 7 heteroatoms. The van der Waals surface area contributed by atoms with Crippen molar-refractivity contribution in [1.29, 1.82) is 0 Å². The molecule has 0 bridgehead atoms. The molecule has 6 rings (SSSR count). The highest BCUT2D eigenvalue weighted by Gasteiger charge is 2.33. The summed E-state index contributed by atoms with van der Waals surface area (Å²) in [5, 5.41) is 4.15. The van der Waals surface area contributed by atoms with Crippen LogP contribution in [-0.4, -0.2) is 32.8 Å². The lowest BCUT2D eigenvalue weighted by Gasteiger charge is -2.27. The Kier molecular flexibility index (Phi) is 4.92. The van der Waals surface area contributed by atoms with Gasteiger partial charge >= 0.3 is 0 Å². The van der Waals surface area contributed by atoms with Gasteiger partial charge in [-0.05, 0) is 48.2 Å². The number of carbonyl (C=O) groups excluding carboxylic acids is 1. The molecule has 2 unspecified atom stereocenters. The molecule has 2 aromatic heterocycles. The Labute approximate surface area is 189 Å². The number of hydrogen-bond acceptors (Lipinski definition) is 5. The van der Waals surface area contributed by atoms with Crippen LogP contribution < -0.4 is 14.8 Å². The topological polar surface area (TPSA) is 68.3 Å². The molecule has 0 saturated carbocycles. The van der Waals surface area contributed by atoms with E-state index in [1.165, 1.54) is 17.3 Å². The van der Waals surface area contributed by atoms with E-state index in [4.69, 9.17) is 9.47 Å².